The zero-order chi connectivity index (χ0) is 22.0. The maximum atomic E-state index is 12.6. The predicted molar refractivity (Wildman–Crippen MR) is 122 cm³/mol. The third kappa shape index (κ3) is 4.53. The molecule has 8 nitrogen and oxygen atoms in total. The molecule has 0 spiro atoms. The van der Waals surface area contributed by atoms with Crippen LogP contribution in [0.4, 0.5) is 11.4 Å². The Morgan fingerprint density at radius 1 is 1.23 bits per heavy atom. The van der Waals surface area contributed by atoms with E-state index in [1.165, 1.54) is 28.0 Å². The highest BCUT2D eigenvalue weighted by Gasteiger charge is 2.27. The van der Waals surface area contributed by atoms with Crippen molar-refractivity contribution in [2.45, 2.75) is 4.34 Å². The van der Waals surface area contributed by atoms with Gasteiger partial charge in [-0.2, -0.15) is 0 Å². The molecule has 2 amide bonds. The summed E-state index contributed by atoms with van der Waals surface area (Å²) in [6.07, 6.45) is 1.92. The van der Waals surface area contributed by atoms with E-state index in [1.54, 1.807) is 53.2 Å². The predicted octanol–water partition coefficient (Wildman–Crippen LogP) is 3.53. The summed E-state index contributed by atoms with van der Waals surface area (Å²) in [6, 6.07) is 13.6. The van der Waals surface area contributed by atoms with Crippen LogP contribution in [0.3, 0.4) is 0 Å². The van der Waals surface area contributed by atoms with Gasteiger partial charge in [0.15, 0.2) is 14.9 Å². The van der Waals surface area contributed by atoms with E-state index in [-0.39, 0.29) is 12.5 Å². The number of para-hydroxylation sites is 2. The summed E-state index contributed by atoms with van der Waals surface area (Å²) in [4.78, 5) is 38.2. The summed E-state index contributed by atoms with van der Waals surface area (Å²) in [5, 5.41) is 7.11. The molecule has 0 saturated heterocycles. The Morgan fingerprint density at radius 2 is 1.97 bits per heavy atom. The van der Waals surface area contributed by atoms with Gasteiger partial charge in [0.05, 0.1) is 22.6 Å². The average Bonchev–Trinajstić information content (AvgIpc) is 3.17. The first-order valence-corrected chi connectivity index (χ1v) is 11.5. The van der Waals surface area contributed by atoms with Crippen LogP contribution in [-0.4, -0.2) is 47.0 Å². The number of carbonyl (C=O) groups excluding carboxylic acids is 3. The van der Waals surface area contributed by atoms with Crippen LogP contribution in [0.1, 0.15) is 10.4 Å². The zero-order valence-corrected chi connectivity index (χ0v) is 18.7. The van der Waals surface area contributed by atoms with Crippen LogP contribution in [0.5, 0.6) is 0 Å². The number of rotatable bonds is 5. The smallest absolute Gasteiger partial charge is 0.338 e. The molecule has 158 valence electrons. The van der Waals surface area contributed by atoms with Crippen molar-refractivity contribution in [1.29, 1.82) is 0 Å². The lowest BCUT2D eigenvalue weighted by Gasteiger charge is -2.28. The van der Waals surface area contributed by atoms with Gasteiger partial charge in [-0.25, -0.2) is 9.48 Å². The van der Waals surface area contributed by atoms with Gasteiger partial charge in [-0.15, -0.1) is 5.10 Å². The Morgan fingerprint density at radius 3 is 2.68 bits per heavy atom. The van der Waals surface area contributed by atoms with Crippen molar-refractivity contribution in [1.82, 2.24) is 9.78 Å². The van der Waals surface area contributed by atoms with E-state index < -0.39 is 18.5 Å². The molecule has 1 aromatic heterocycles. The highest BCUT2D eigenvalue weighted by Crippen LogP contribution is 2.29. The Hall–Kier alpha value is -3.02. The number of thioether (sulfide) groups is 1. The van der Waals surface area contributed by atoms with Crippen molar-refractivity contribution in [2.24, 2.45) is 0 Å². The average molecular weight is 473 g/mol. The minimum absolute atomic E-state index is 0.131. The van der Waals surface area contributed by atoms with E-state index in [9.17, 15) is 14.4 Å². The van der Waals surface area contributed by atoms with Gasteiger partial charge in [0.2, 0.25) is 5.91 Å². The molecule has 3 aromatic rings. The molecule has 0 atom stereocenters. The molecule has 1 N–H and O–H groups in total. The number of ether oxygens (including phenoxy) is 1. The SMILES string of the molecule is CSc1nn(-c2ccc(C(=O)OCC(=O)N3CC(=O)Nc4ccccc43)cc2)c(=S)s1. The molecule has 1 aliphatic rings. The fourth-order valence-corrected chi connectivity index (χ4v) is 4.77. The van der Waals surface area contributed by atoms with Crippen molar-refractivity contribution in [2.75, 3.05) is 29.6 Å². The fraction of sp³-hybridized carbons (Fsp3) is 0.150. The molecular formula is C20H16N4O4S3. The van der Waals surface area contributed by atoms with E-state index in [0.29, 0.717) is 20.9 Å². The molecule has 31 heavy (non-hydrogen) atoms. The van der Waals surface area contributed by atoms with Gasteiger partial charge < -0.3 is 10.1 Å². The first kappa shape index (κ1) is 21.2. The van der Waals surface area contributed by atoms with Crippen molar-refractivity contribution in [3.63, 3.8) is 0 Å². The number of amides is 2. The number of hydrogen-bond donors (Lipinski definition) is 1. The number of esters is 1. The van der Waals surface area contributed by atoms with Crippen LogP contribution in [0.15, 0.2) is 52.9 Å². The summed E-state index contributed by atoms with van der Waals surface area (Å²) in [5.41, 5.74) is 2.13. The number of nitrogens with zero attached hydrogens (tertiary/aromatic N) is 3. The second kappa shape index (κ2) is 9.00. The lowest BCUT2D eigenvalue weighted by molar-refractivity contribution is -0.124. The molecule has 0 aliphatic carbocycles. The monoisotopic (exact) mass is 472 g/mol. The number of benzene rings is 2. The van der Waals surface area contributed by atoms with Crippen molar-refractivity contribution >= 4 is 64.5 Å². The van der Waals surface area contributed by atoms with E-state index >= 15 is 0 Å². The summed E-state index contributed by atoms with van der Waals surface area (Å²) in [5.74, 6) is -1.42. The van der Waals surface area contributed by atoms with Gasteiger partial charge in [0.1, 0.15) is 6.54 Å². The molecule has 2 heterocycles. The van der Waals surface area contributed by atoms with E-state index in [2.05, 4.69) is 10.4 Å². The zero-order valence-electron chi connectivity index (χ0n) is 16.2. The van der Waals surface area contributed by atoms with Crippen molar-refractivity contribution in [3.05, 3.63) is 58.0 Å². The number of hydrogen-bond acceptors (Lipinski definition) is 8. The number of fused-ring (bicyclic) bond motifs is 1. The number of aromatic nitrogens is 2. The number of nitrogens with one attached hydrogen (secondary N) is 1. The molecule has 0 saturated carbocycles. The maximum absolute atomic E-state index is 12.6. The standard InChI is InChI=1S/C20H16N4O4S3/c1-30-19-22-24(20(29)31-19)13-8-6-12(7-9-13)18(27)28-11-17(26)23-10-16(25)21-14-4-2-3-5-15(14)23/h2-9H,10-11H2,1H3,(H,21,25). The van der Waals surface area contributed by atoms with Crippen molar-refractivity contribution in [3.8, 4) is 5.69 Å². The molecule has 0 radical (unpaired) electrons. The Balaban J connectivity index is 1.42. The van der Waals surface area contributed by atoms with Gasteiger partial charge in [-0.05, 0) is 54.9 Å². The molecule has 11 heteroatoms. The first-order chi connectivity index (χ1) is 15.0. The van der Waals surface area contributed by atoms with Crippen LogP contribution in [0.25, 0.3) is 5.69 Å². The van der Waals surface area contributed by atoms with Gasteiger partial charge in [-0.1, -0.05) is 35.2 Å². The normalized spacial score (nSPS) is 12.8. The van der Waals surface area contributed by atoms with Gasteiger partial charge in [0, 0.05) is 0 Å². The highest BCUT2D eigenvalue weighted by atomic mass is 32.2. The van der Waals surface area contributed by atoms with Crippen molar-refractivity contribution < 1.29 is 19.1 Å². The largest absolute Gasteiger partial charge is 0.452 e. The molecular weight excluding hydrogens is 456 g/mol. The Labute approximate surface area is 190 Å². The first-order valence-electron chi connectivity index (χ1n) is 9.07. The third-order valence-corrected chi connectivity index (χ3v) is 6.66. The van der Waals surface area contributed by atoms with Gasteiger partial charge in [0.25, 0.3) is 5.91 Å². The molecule has 0 unspecified atom stereocenters. The van der Waals surface area contributed by atoms with Crippen LogP contribution in [0, 0.1) is 3.95 Å². The van der Waals surface area contributed by atoms with Crippen LogP contribution < -0.4 is 10.2 Å². The molecule has 0 bridgehead atoms. The molecule has 4 rings (SSSR count). The van der Waals surface area contributed by atoms with E-state index in [1.807, 2.05) is 6.26 Å². The maximum Gasteiger partial charge on any atom is 0.338 e. The molecule has 2 aromatic carbocycles. The minimum Gasteiger partial charge on any atom is -0.452 e. The summed E-state index contributed by atoms with van der Waals surface area (Å²) >= 11 is 8.23. The quantitative estimate of drug-likeness (QED) is 0.345. The summed E-state index contributed by atoms with van der Waals surface area (Å²) in [7, 11) is 0. The Kier molecular flexibility index (Phi) is 6.16. The van der Waals surface area contributed by atoms with E-state index in [0.717, 1.165) is 10.0 Å². The van der Waals surface area contributed by atoms with Crippen LogP contribution >= 0.6 is 35.3 Å². The number of anilines is 2. The molecule has 0 fully saturated rings. The third-order valence-electron chi connectivity index (χ3n) is 4.45. The molecule has 1 aliphatic heterocycles. The lowest BCUT2D eigenvalue weighted by atomic mass is 10.2. The van der Waals surface area contributed by atoms with Gasteiger partial charge >= 0.3 is 5.97 Å². The Bertz CT molecular complexity index is 1220. The lowest BCUT2D eigenvalue weighted by Crippen LogP contribution is -2.44. The van der Waals surface area contributed by atoms with Crippen LogP contribution in [0.2, 0.25) is 0 Å². The topological polar surface area (TPSA) is 93.5 Å². The highest BCUT2D eigenvalue weighted by molar-refractivity contribution is 8.00. The number of carbonyl (C=O) groups is 3. The fourth-order valence-electron chi connectivity index (χ4n) is 2.99. The second-order valence-corrected chi connectivity index (χ2v) is 9.09. The summed E-state index contributed by atoms with van der Waals surface area (Å²) in [6.45, 7) is -0.606. The summed E-state index contributed by atoms with van der Waals surface area (Å²) < 4.78 is 8.26. The van der Waals surface area contributed by atoms with Gasteiger partial charge in [-0.3, -0.25) is 14.5 Å². The second-order valence-electron chi connectivity index (χ2n) is 6.42. The van der Waals surface area contributed by atoms with Crippen LogP contribution in [-0.2, 0) is 14.3 Å². The minimum atomic E-state index is -0.638. The van der Waals surface area contributed by atoms with E-state index in [4.69, 9.17) is 17.0 Å².